The van der Waals surface area contributed by atoms with Crippen molar-refractivity contribution in [3.63, 3.8) is 0 Å². The van der Waals surface area contributed by atoms with Gasteiger partial charge in [0, 0.05) is 17.7 Å². The fourth-order valence-corrected chi connectivity index (χ4v) is 2.93. The highest BCUT2D eigenvalue weighted by atomic mass is 19.1. The van der Waals surface area contributed by atoms with E-state index in [-0.39, 0.29) is 41.5 Å². The van der Waals surface area contributed by atoms with Gasteiger partial charge in [0.2, 0.25) is 17.6 Å². The van der Waals surface area contributed by atoms with Crippen LogP contribution in [0.2, 0.25) is 0 Å². The Morgan fingerprint density at radius 3 is 2.67 bits per heavy atom. The highest BCUT2D eigenvalue weighted by molar-refractivity contribution is 5.79. The number of nitrogens with zero attached hydrogens (tertiary/aromatic N) is 3. The Balaban J connectivity index is 1.79. The summed E-state index contributed by atoms with van der Waals surface area (Å²) in [7, 11) is 0. The third kappa shape index (κ3) is 5.05. The van der Waals surface area contributed by atoms with Gasteiger partial charge in [-0.05, 0) is 23.6 Å². The first kappa shape index (κ1) is 21.1. The quantitative estimate of drug-likeness (QED) is 0.438. The van der Waals surface area contributed by atoms with E-state index in [1.54, 1.807) is 24.3 Å². The summed E-state index contributed by atoms with van der Waals surface area (Å²) in [6.45, 7) is 3.92. The number of rotatable bonds is 8. The Morgan fingerprint density at radius 1 is 1.27 bits per heavy atom. The fourth-order valence-electron chi connectivity index (χ4n) is 2.93. The highest BCUT2D eigenvalue weighted by Crippen LogP contribution is 2.27. The lowest BCUT2D eigenvalue weighted by Gasteiger charge is -2.20. The molecular formula is C21H21FN4O4. The molecule has 0 aliphatic rings. The van der Waals surface area contributed by atoms with Crippen LogP contribution in [0.15, 0.2) is 53.1 Å². The molecule has 0 saturated heterocycles. The average Bonchev–Trinajstić information content (AvgIpc) is 3.23. The second kappa shape index (κ2) is 9.25. The third-order valence-corrected chi connectivity index (χ3v) is 4.83. The van der Waals surface area contributed by atoms with Crippen LogP contribution in [0.4, 0.5) is 10.1 Å². The summed E-state index contributed by atoms with van der Waals surface area (Å²) in [6.07, 6.45) is 0.828. The Labute approximate surface area is 172 Å². The van der Waals surface area contributed by atoms with Crippen LogP contribution >= 0.6 is 0 Å². The van der Waals surface area contributed by atoms with Gasteiger partial charge in [0.1, 0.15) is 11.9 Å². The molecule has 0 radical (unpaired) electrons. The van der Waals surface area contributed by atoms with Crippen LogP contribution in [0.3, 0.4) is 0 Å². The molecule has 1 heterocycles. The van der Waals surface area contributed by atoms with Crippen molar-refractivity contribution in [2.75, 3.05) is 0 Å². The molecule has 1 aromatic heterocycles. The number of nitro groups is 1. The Kier molecular flexibility index (Phi) is 6.51. The van der Waals surface area contributed by atoms with Crippen LogP contribution in [0.1, 0.15) is 37.8 Å². The number of hydrogen-bond acceptors (Lipinski definition) is 6. The van der Waals surface area contributed by atoms with Gasteiger partial charge in [0.05, 0.1) is 11.3 Å². The maximum atomic E-state index is 13.1. The summed E-state index contributed by atoms with van der Waals surface area (Å²) in [6, 6.07) is 11.1. The molecule has 30 heavy (non-hydrogen) atoms. The zero-order chi connectivity index (χ0) is 21.7. The van der Waals surface area contributed by atoms with E-state index < -0.39 is 11.0 Å². The molecule has 0 aliphatic carbocycles. The monoisotopic (exact) mass is 412 g/mol. The minimum atomic E-state index is -0.525. The summed E-state index contributed by atoms with van der Waals surface area (Å²) in [5, 5.41) is 17.8. The number of carbonyl (C=O) groups is 1. The highest BCUT2D eigenvalue weighted by Gasteiger charge is 2.26. The van der Waals surface area contributed by atoms with Crippen molar-refractivity contribution in [1.29, 1.82) is 0 Å². The maximum Gasteiger partial charge on any atom is 0.270 e. The second-order valence-corrected chi connectivity index (χ2v) is 7.00. The minimum Gasteiger partial charge on any atom is -0.344 e. The van der Waals surface area contributed by atoms with Gasteiger partial charge in [-0.15, -0.1) is 0 Å². The van der Waals surface area contributed by atoms with E-state index in [4.69, 9.17) is 4.52 Å². The number of hydrogen-bond donors (Lipinski definition) is 1. The molecule has 1 N–H and O–H groups in total. The van der Waals surface area contributed by atoms with Crippen molar-refractivity contribution in [1.82, 2.24) is 15.5 Å². The molecule has 156 valence electrons. The number of aromatic nitrogens is 2. The zero-order valence-electron chi connectivity index (χ0n) is 16.5. The van der Waals surface area contributed by atoms with E-state index >= 15 is 0 Å². The van der Waals surface area contributed by atoms with Gasteiger partial charge in [-0.3, -0.25) is 14.9 Å². The van der Waals surface area contributed by atoms with Crippen molar-refractivity contribution in [3.05, 3.63) is 75.9 Å². The van der Waals surface area contributed by atoms with E-state index in [1.165, 1.54) is 24.3 Å². The van der Waals surface area contributed by atoms with E-state index in [0.717, 1.165) is 6.42 Å². The van der Waals surface area contributed by atoms with Crippen LogP contribution in [-0.2, 0) is 11.2 Å². The normalized spacial score (nSPS) is 12.9. The second-order valence-electron chi connectivity index (χ2n) is 7.00. The van der Waals surface area contributed by atoms with E-state index in [9.17, 15) is 19.3 Å². The number of carbonyl (C=O) groups excluding carboxylic acids is 1. The molecule has 8 nitrogen and oxygen atoms in total. The number of benzene rings is 2. The maximum absolute atomic E-state index is 13.1. The molecule has 0 spiro atoms. The molecule has 0 saturated carbocycles. The van der Waals surface area contributed by atoms with Crippen molar-refractivity contribution >= 4 is 11.6 Å². The predicted molar refractivity (Wildman–Crippen MR) is 107 cm³/mol. The molecule has 2 aromatic carbocycles. The van der Waals surface area contributed by atoms with Crippen LogP contribution in [0.25, 0.3) is 11.4 Å². The number of nitro benzene ring substituents is 1. The summed E-state index contributed by atoms with van der Waals surface area (Å²) in [5.74, 6) is -0.202. The molecule has 0 fully saturated rings. The Bertz CT molecular complexity index is 1040. The minimum absolute atomic E-state index is 0.000535. The van der Waals surface area contributed by atoms with Gasteiger partial charge < -0.3 is 9.84 Å². The van der Waals surface area contributed by atoms with Gasteiger partial charge in [0.15, 0.2) is 0 Å². The lowest BCUT2D eigenvalue weighted by atomic mass is 9.98. The standard InChI is InChI=1S/C21H21FN4O4/c1-3-13(2)19(23-18(27)11-14-7-9-16(22)10-8-14)21-24-20(25-30-21)15-5-4-6-17(12-15)26(28)29/h4-10,12-13,19H,3,11H2,1-2H3,(H,23,27)/t13-,19-/m0/s1. The molecule has 3 rings (SSSR count). The summed E-state index contributed by atoms with van der Waals surface area (Å²) >= 11 is 0. The number of non-ortho nitro benzene ring substituents is 1. The first-order valence-electron chi connectivity index (χ1n) is 9.49. The first-order chi connectivity index (χ1) is 14.4. The van der Waals surface area contributed by atoms with E-state index in [2.05, 4.69) is 15.5 Å². The van der Waals surface area contributed by atoms with Crippen LogP contribution in [0, 0.1) is 21.8 Å². The molecule has 9 heteroatoms. The fraction of sp³-hybridized carbons (Fsp3) is 0.286. The average molecular weight is 412 g/mol. The number of nitrogens with one attached hydrogen (secondary N) is 1. The zero-order valence-corrected chi connectivity index (χ0v) is 16.5. The molecule has 0 aliphatic heterocycles. The Hall–Kier alpha value is -3.62. The molecule has 0 unspecified atom stereocenters. The predicted octanol–water partition coefficient (Wildman–Crippen LogP) is 4.23. The molecule has 1 amide bonds. The van der Waals surface area contributed by atoms with E-state index in [1.807, 2.05) is 13.8 Å². The lowest BCUT2D eigenvalue weighted by molar-refractivity contribution is -0.384. The molecule has 0 bridgehead atoms. The van der Waals surface area contributed by atoms with E-state index in [0.29, 0.717) is 11.1 Å². The van der Waals surface area contributed by atoms with Crippen molar-refractivity contribution in [2.45, 2.75) is 32.7 Å². The third-order valence-electron chi connectivity index (χ3n) is 4.83. The van der Waals surface area contributed by atoms with Gasteiger partial charge >= 0.3 is 0 Å². The first-order valence-corrected chi connectivity index (χ1v) is 9.49. The van der Waals surface area contributed by atoms with Gasteiger partial charge in [-0.1, -0.05) is 49.7 Å². The van der Waals surface area contributed by atoms with Gasteiger partial charge in [-0.2, -0.15) is 4.98 Å². The SMILES string of the molecule is CC[C@H](C)[C@H](NC(=O)Cc1ccc(F)cc1)c1nc(-c2cccc([N+](=O)[O-])c2)no1. The van der Waals surface area contributed by atoms with Crippen LogP contribution in [-0.4, -0.2) is 21.0 Å². The van der Waals surface area contributed by atoms with Gasteiger partial charge in [0.25, 0.3) is 5.69 Å². The lowest BCUT2D eigenvalue weighted by Crippen LogP contribution is -2.33. The van der Waals surface area contributed by atoms with Crippen LogP contribution in [0.5, 0.6) is 0 Å². The number of halogens is 1. The summed E-state index contributed by atoms with van der Waals surface area (Å²) in [5.41, 5.74) is 1.05. The van der Waals surface area contributed by atoms with Crippen molar-refractivity contribution in [3.8, 4) is 11.4 Å². The summed E-state index contributed by atoms with van der Waals surface area (Å²) in [4.78, 5) is 27.4. The molecular weight excluding hydrogens is 391 g/mol. The summed E-state index contributed by atoms with van der Waals surface area (Å²) < 4.78 is 18.4. The van der Waals surface area contributed by atoms with Crippen molar-refractivity contribution < 1.29 is 18.6 Å². The molecule has 3 aromatic rings. The topological polar surface area (TPSA) is 111 Å². The molecule has 2 atom stereocenters. The smallest absolute Gasteiger partial charge is 0.270 e. The largest absolute Gasteiger partial charge is 0.344 e. The van der Waals surface area contributed by atoms with Crippen molar-refractivity contribution in [2.24, 2.45) is 5.92 Å². The number of amides is 1. The Morgan fingerprint density at radius 2 is 2.00 bits per heavy atom. The van der Waals surface area contributed by atoms with Gasteiger partial charge in [-0.25, -0.2) is 4.39 Å². The van der Waals surface area contributed by atoms with Crippen LogP contribution < -0.4 is 5.32 Å².